The fourth-order valence-electron chi connectivity index (χ4n) is 0.321. The summed E-state index contributed by atoms with van der Waals surface area (Å²) in [4.78, 5) is 9.65. The summed E-state index contributed by atoms with van der Waals surface area (Å²) in [5.41, 5.74) is 0. The molecule has 0 amide bonds. The SMILES string of the molecule is CCCCC(=O)[O-].CCO.CCO.[NH4+]. The smallest absolute Gasteiger partial charge is 0.0414 e. The molecule has 6 N–H and O–H groups in total. The Morgan fingerprint density at radius 2 is 1.43 bits per heavy atom. The quantitative estimate of drug-likeness (QED) is 0.622. The molecule has 0 rings (SSSR count). The van der Waals surface area contributed by atoms with Crippen molar-refractivity contribution in [1.29, 1.82) is 0 Å². The van der Waals surface area contributed by atoms with Crippen LogP contribution in [0.3, 0.4) is 0 Å². The lowest BCUT2D eigenvalue weighted by Crippen LogP contribution is -2.21. The van der Waals surface area contributed by atoms with Crippen LogP contribution in [0.25, 0.3) is 0 Å². The molecule has 0 saturated carbocycles. The summed E-state index contributed by atoms with van der Waals surface area (Å²) < 4.78 is 0. The highest BCUT2D eigenvalue weighted by atomic mass is 16.4. The predicted octanol–water partition coefficient (Wildman–Crippen LogP) is 0.300. The van der Waals surface area contributed by atoms with E-state index in [4.69, 9.17) is 10.2 Å². The normalized spacial score (nSPS) is 6.93. The van der Waals surface area contributed by atoms with E-state index in [2.05, 4.69) is 0 Å². The molecule has 0 atom stereocenters. The first-order valence-corrected chi connectivity index (χ1v) is 4.52. The zero-order valence-electron chi connectivity index (χ0n) is 9.75. The summed E-state index contributed by atoms with van der Waals surface area (Å²) in [5.74, 6) is -0.943. The van der Waals surface area contributed by atoms with Crippen molar-refractivity contribution in [3.8, 4) is 0 Å². The number of rotatable bonds is 3. The fraction of sp³-hybridized carbons (Fsp3) is 0.889. The molecule has 0 unspecified atom stereocenters. The second-order valence-corrected chi connectivity index (χ2v) is 2.11. The topological polar surface area (TPSA) is 117 Å². The Labute approximate surface area is 86.4 Å². The van der Waals surface area contributed by atoms with E-state index >= 15 is 0 Å². The van der Waals surface area contributed by atoms with Crippen LogP contribution in [0.5, 0.6) is 0 Å². The van der Waals surface area contributed by atoms with Crippen molar-refractivity contribution in [3.05, 3.63) is 0 Å². The van der Waals surface area contributed by atoms with Crippen molar-refractivity contribution in [1.82, 2.24) is 6.15 Å². The van der Waals surface area contributed by atoms with E-state index in [1.165, 1.54) is 0 Å². The van der Waals surface area contributed by atoms with Gasteiger partial charge in [-0.3, -0.25) is 0 Å². The number of hydrogen-bond acceptors (Lipinski definition) is 4. The van der Waals surface area contributed by atoms with Gasteiger partial charge in [0.2, 0.25) is 0 Å². The Morgan fingerprint density at radius 1 is 1.14 bits per heavy atom. The van der Waals surface area contributed by atoms with Crippen LogP contribution in [0.15, 0.2) is 0 Å². The van der Waals surface area contributed by atoms with Gasteiger partial charge < -0.3 is 26.3 Å². The molecule has 5 nitrogen and oxygen atoms in total. The first kappa shape index (κ1) is 23.3. The summed E-state index contributed by atoms with van der Waals surface area (Å²) >= 11 is 0. The van der Waals surface area contributed by atoms with Gasteiger partial charge in [-0.1, -0.05) is 13.3 Å². The Hall–Kier alpha value is -0.650. The highest BCUT2D eigenvalue weighted by Gasteiger charge is 1.80. The van der Waals surface area contributed by atoms with Gasteiger partial charge in [-0.05, 0) is 26.7 Å². The van der Waals surface area contributed by atoms with E-state index in [-0.39, 0.29) is 25.8 Å². The van der Waals surface area contributed by atoms with Crippen LogP contribution in [0.2, 0.25) is 0 Å². The maximum atomic E-state index is 9.65. The molecule has 0 heterocycles. The van der Waals surface area contributed by atoms with Crippen molar-refractivity contribution in [2.45, 2.75) is 40.0 Å². The molecule has 0 aromatic heterocycles. The molecule has 0 saturated heterocycles. The van der Waals surface area contributed by atoms with Crippen LogP contribution in [0, 0.1) is 0 Å². The van der Waals surface area contributed by atoms with Crippen molar-refractivity contribution in [2.24, 2.45) is 0 Å². The van der Waals surface area contributed by atoms with Gasteiger partial charge in [0.05, 0.1) is 0 Å². The second-order valence-electron chi connectivity index (χ2n) is 2.11. The number of hydrogen-bond donors (Lipinski definition) is 3. The highest BCUT2D eigenvalue weighted by molar-refractivity contribution is 5.63. The number of carbonyl (C=O) groups excluding carboxylic acids is 1. The van der Waals surface area contributed by atoms with Gasteiger partial charge in [0.25, 0.3) is 0 Å². The van der Waals surface area contributed by atoms with Gasteiger partial charge in [-0.25, -0.2) is 0 Å². The summed E-state index contributed by atoms with van der Waals surface area (Å²) in [6.07, 6.45) is 1.87. The molecule has 0 radical (unpaired) electrons. The molecular weight excluding hydrogens is 186 g/mol. The van der Waals surface area contributed by atoms with Gasteiger partial charge in [-0.2, -0.15) is 0 Å². The summed E-state index contributed by atoms with van der Waals surface area (Å²) in [6, 6.07) is 0. The zero-order valence-corrected chi connectivity index (χ0v) is 9.75. The largest absolute Gasteiger partial charge is 0.550 e. The van der Waals surface area contributed by atoms with Crippen molar-refractivity contribution >= 4 is 5.97 Å². The van der Waals surface area contributed by atoms with Gasteiger partial charge in [-0.15, -0.1) is 0 Å². The molecule has 14 heavy (non-hydrogen) atoms. The van der Waals surface area contributed by atoms with E-state index in [1.807, 2.05) is 6.92 Å². The molecule has 0 aromatic carbocycles. The van der Waals surface area contributed by atoms with Crippen molar-refractivity contribution in [2.75, 3.05) is 13.2 Å². The predicted molar refractivity (Wildman–Crippen MR) is 56.0 cm³/mol. The van der Waals surface area contributed by atoms with Gasteiger partial charge in [0, 0.05) is 19.2 Å². The Kier molecular flexibility index (Phi) is 49.0. The monoisotopic (exact) mass is 211 g/mol. The van der Waals surface area contributed by atoms with Crippen molar-refractivity contribution < 1.29 is 20.1 Å². The Morgan fingerprint density at radius 3 is 1.50 bits per heavy atom. The average Bonchev–Trinajstić information content (AvgIpc) is 2.04. The molecule has 90 valence electrons. The second kappa shape index (κ2) is 29.4. The summed E-state index contributed by atoms with van der Waals surface area (Å²) in [5, 5.41) is 24.8. The van der Waals surface area contributed by atoms with Crippen LogP contribution in [-0.2, 0) is 4.79 Å². The zero-order chi connectivity index (χ0) is 11.1. The number of unbranched alkanes of at least 4 members (excludes halogenated alkanes) is 1. The standard InChI is InChI=1S/C5H10O2.2C2H6O.H3N/c1-2-3-4-5(6)7;2*1-2-3;/h2-4H2,1H3,(H,6,7);2*3H,2H2,1H3;1H3. The summed E-state index contributed by atoms with van der Waals surface area (Å²) in [6.45, 7) is 5.81. The van der Waals surface area contributed by atoms with Gasteiger partial charge >= 0.3 is 0 Å². The number of carboxylic acids is 1. The van der Waals surface area contributed by atoms with Crippen LogP contribution >= 0.6 is 0 Å². The number of quaternary nitrogens is 1. The first-order valence-electron chi connectivity index (χ1n) is 4.52. The third-order valence-electron chi connectivity index (χ3n) is 0.734. The van der Waals surface area contributed by atoms with Crippen molar-refractivity contribution in [3.63, 3.8) is 0 Å². The minimum absolute atomic E-state index is 0. The van der Waals surface area contributed by atoms with Crippen LogP contribution in [0.4, 0.5) is 0 Å². The molecule has 0 aromatic rings. The number of aliphatic carboxylic acids is 1. The number of carbonyl (C=O) groups is 1. The molecule has 0 bridgehead atoms. The van der Waals surface area contributed by atoms with Crippen LogP contribution in [0.1, 0.15) is 40.0 Å². The molecule has 0 aliphatic carbocycles. The molecule has 0 fully saturated rings. The highest BCUT2D eigenvalue weighted by Crippen LogP contribution is 1.89. The lowest BCUT2D eigenvalue weighted by Gasteiger charge is -1.95. The van der Waals surface area contributed by atoms with Gasteiger partial charge in [0.1, 0.15) is 0 Å². The molecule has 0 aliphatic heterocycles. The number of carboxylic acid groups (broad SMARTS) is 1. The van der Waals surface area contributed by atoms with Gasteiger partial charge in [0.15, 0.2) is 0 Å². The molecule has 0 aliphatic rings. The van der Waals surface area contributed by atoms with Crippen LogP contribution in [-0.4, -0.2) is 29.4 Å². The summed E-state index contributed by atoms with van der Waals surface area (Å²) in [7, 11) is 0. The van der Waals surface area contributed by atoms with Crippen LogP contribution < -0.4 is 11.3 Å². The Bertz CT molecular complexity index is 86.9. The lowest BCUT2D eigenvalue weighted by molar-refractivity contribution is -0.305. The van der Waals surface area contributed by atoms with E-state index in [1.54, 1.807) is 13.8 Å². The average molecular weight is 211 g/mol. The fourth-order valence-corrected chi connectivity index (χ4v) is 0.321. The van der Waals surface area contributed by atoms with E-state index in [0.29, 0.717) is 0 Å². The van der Waals surface area contributed by atoms with E-state index in [9.17, 15) is 9.90 Å². The maximum Gasteiger partial charge on any atom is 0.0414 e. The molecular formula is C9H25NO4. The third-order valence-corrected chi connectivity index (χ3v) is 0.734. The first-order chi connectivity index (χ1) is 6.10. The number of aliphatic hydroxyl groups excluding tert-OH is 2. The molecule has 5 heteroatoms. The minimum atomic E-state index is -0.943. The third kappa shape index (κ3) is 108. The lowest BCUT2D eigenvalue weighted by atomic mass is 10.3. The number of aliphatic hydroxyl groups is 2. The Balaban J connectivity index is -0.0000000610. The maximum absolute atomic E-state index is 9.65. The minimum Gasteiger partial charge on any atom is -0.550 e. The van der Waals surface area contributed by atoms with E-state index < -0.39 is 5.97 Å². The van der Waals surface area contributed by atoms with E-state index in [0.717, 1.165) is 12.8 Å². The molecule has 0 spiro atoms.